The zero-order chi connectivity index (χ0) is 22.3. The average Bonchev–Trinajstić information content (AvgIpc) is 3.72. The summed E-state index contributed by atoms with van der Waals surface area (Å²) in [4.78, 5) is 16.8. The molecule has 2 aromatic rings. The van der Waals surface area contributed by atoms with Gasteiger partial charge in [-0.2, -0.15) is 0 Å². The van der Waals surface area contributed by atoms with Crippen LogP contribution in [0.1, 0.15) is 49.7 Å². The van der Waals surface area contributed by atoms with Gasteiger partial charge in [-0.3, -0.25) is 9.78 Å². The molecule has 1 saturated heterocycles. The van der Waals surface area contributed by atoms with E-state index in [0.717, 1.165) is 43.2 Å². The van der Waals surface area contributed by atoms with E-state index >= 15 is 0 Å². The van der Waals surface area contributed by atoms with Crippen LogP contribution in [0.5, 0.6) is 0 Å². The molecule has 7 heteroatoms. The Labute approximate surface area is 187 Å². The fourth-order valence-electron chi connectivity index (χ4n) is 5.15. The van der Waals surface area contributed by atoms with E-state index in [0.29, 0.717) is 25.3 Å². The van der Waals surface area contributed by atoms with Crippen molar-refractivity contribution >= 4 is 11.6 Å². The number of anilines is 1. The molecular formula is C25H31FN4O2. The van der Waals surface area contributed by atoms with Crippen molar-refractivity contribution in [2.45, 2.75) is 62.1 Å². The number of aryl methyl sites for hydroxylation is 1. The second-order valence-electron chi connectivity index (χ2n) is 9.87. The summed E-state index contributed by atoms with van der Waals surface area (Å²) in [6.45, 7) is 0.410. The van der Waals surface area contributed by atoms with Crippen LogP contribution in [-0.2, 0) is 16.8 Å². The van der Waals surface area contributed by atoms with E-state index in [1.165, 1.54) is 6.07 Å². The predicted octanol–water partition coefficient (Wildman–Crippen LogP) is 2.86. The number of rotatable bonds is 8. The summed E-state index contributed by atoms with van der Waals surface area (Å²) >= 11 is 0. The first-order chi connectivity index (χ1) is 15.4. The molecule has 3 aliphatic rings. The Kier molecular flexibility index (Phi) is 5.51. The Balaban J connectivity index is 1.25. The zero-order valence-corrected chi connectivity index (χ0v) is 18.2. The molecule has 0 spiro atoms. The van der Waals surface area contributed by atoms with Crippen LogP contribution in [0.2, 0.25) is 0 Å². The van der Waals surface area contributed by atoms with Crippen LogP contribution >= 0.6 is 0 Å². The highest BCUT2D eigenvalue weighted by atomic mass is 19.1. The lowest BCUT2D eigenvalue weighted by Gasteiger charge is -2.30. The van der Waals surface area contributed by atoms with Crippen LogP contribution in [0, 0.1) is 17.7 Å². The summed E-state index contributed by atoms with van der Waals surface area (Å²) in [7, 11) is 0. The van der Waals surface area contributed by atoms with Crippen molar-refractivity contribution in [3.05, 3.63) is 59.7 Å². The number of amides is 1. The van der Waals surface area contributed by atoms with Crippen LogP contribution < -0.4 is 16.4 Å². The third kappa shape index (κ3) is 4.29. The number of aliphatic hydroxyl groups is 1. The standard InChI is InChI=1S/C25H31FN4O2/c26-20-6-1-16(7-10-25(27,18-4-5-18)19-8-11-28-12-9-19)13-21(20)30-23(31)22-14-24(32,15-29-22)17-2-3-17/h1,6,8-9,11-13,17-18,22,29,32H,2-5,7,10,14-15,27H2,(H,30,31)/t22-,24-,25+/m1/s1. The number of carbonyl (C=O) groups is 1. The van der Waals surface area contributed by atoms with Gasteiger partial charge in [-0.15, -0.1) is 0 Å². The Hall–Kier alpha value is -2.35. The Morgan fingerprint density at radius 2 is 2.00 bits per heavy atom. The number of β-amino-alcohol motifs (C(OH)–C–C–N with tert-alkyl or cyclic N) is 1. The van der Waals surface area contributed by atoms with Crippen LogP contribution in [-0.4, -0.2) is 34.2 Å². The summed E-state index contributed by atoms with van der Waals surface area (Å²) in [5.74, 6) is -0.0483. The van der Waals surface area contributed by atoms with Gasteiger partial charge in [0.1, 0.15) is 5.82 Å². The minimum Gasteiger partial charge on any atom is -0.388 e. The molecule has 170 valence electrons. The number of carbonyl (C=O) groups excluding carboxylic acids is 1. The second-order valence-corrected chi connectivity index (χ2v) is 9.87. The van der Waals surface area contributed by atoms with Crippen LogP contribution in [0.3, 0.4) is 0 Å². The Bertz CT molecular complexity index is 995. The maximum absolute atomic E-state index is 14.5. The molecule has 5 N–H and O–H groups in total. The van der Waals surface area contributed by atoms with E-state index in [1.807, 2.05) is 12.1 Å². The highest BCUT2D eigenvalue weighted by molar-refractivity contribution is 5.95. The lowest BCUT2D eigenvalue weighted by atomic mass is 9.81. The SMILES string of the molecule is N[C@](CCc1ccc(F)c(NC(=O)[C@H]2C[C@](O)(C3CC3)CN2)c1)(c1ccncc1)C1CC1. The Morgan fingerprint density at radius 1 is 1.25 bits per heavy atom. The van der Waals surface area contributed by atoms with Crippen LogP contribution in [0.25, 0.3) is 0 Å². The number of hydrogen-bond acceptors (Lipinski definition) is 5. The first-order valence-electron chi connectivity index (χ1n) is 11.6. The van der Waals surface area contributed by atoms with Crippen molar-refractivity contribution in [1.29, 1.82) is 0 Å². The number of nitrogens with one attached hydrogen (secondary N) is 2. The van der Waals surface area contributed by atoms with Gasteiger partial charge < -0.3 is 21.5 Å². The molecule has 1 aliphatic heterocycles. The maximum Gasteiger partial charge on any atom is 0.241 e. The van der Waals surface area contributed by atoms with E-state index in [2.05, 4.69) is 15.6 Å². The molecule has 0 bridgehead atoms. The minimum absolute atomic E-state index is 0.175. The van der Waals surface area contributed by atoms with Crippen molar-refractivity contribution < 1.29 is 14.3 Å². The van der Waals surface area contributed by atoms with Gasteiger partial charge in [0.2, 0.25) is 5.91 Å². The number of halogens is 1. The number of nitrogens with two attached hydrogens (primary N) is 1. The Morgan fingerprint density at radius 3 is 2.69 bits per heavy atom. The first-order valence-corrected chi connectivity index (χ1v) is 11.6. The van der Waals surface area contributed by atoms with Crippen LogP contribution in [0.4, 0.5) is 10.1 Å². The smallest absolute Gasteiger partial charge is 0.241 e. The molecule has 1 aromatic carbocycles. The average molecular weight is 439 g/mol. The molecule has 2 aliphatic carbocycles. The number of benzene rings is 1. The molecule has 1 amide bonds. The quantitative estimate of drug-likeness (QED) is 0.508. The monoisotopic (exact) mass is 438 g/mol. The van der Waals surface area contributed by atoms with Gasteiger partial charge in [0.15, 0.2) is 0 Å². The van der Waals surface area contributed by atoms with Gasteiger partial charge >= 0.3 is 0 Å². The summed E-state index contributed by atoms with van der Waals surface area (Å²) in [5, 5.41) is 16.5. The van der Waals surface area contributed by atoms with Crippen molar-refractivity contribution in [3.8, 4) is 0 Å². The van der Waals surface area contributed by atoms with Crippen molar-refractivity contribution in [2.75, 3.05) is 11.9 Å². The molecule has 6 nitrogen and oxygen atoms in total. The maximum atomic E-state index is 14.5. The molecule has 3 atom stereocenters. The van der Waals surface area contributed by atoms with Gasteiger partial charge in [0.05, 0.1) is 17.3 Å². The lowest BCUT2D eigenvalue weighted by molar-refractivity contribution is -0.118. The van der Waals surface area contributed by atoms with Crippen molar-refractivity contribution in [2.24, 2.45) is 17.6 Å². The molecule has 0 radical (unpaired) electrons. The normalized spacial score (nSPS) is 27.2. The fraction of sp³-hybridized carbons (Fsp3) is 0.520. The highest BCUT2D eigenvalue weighted by Gasteiger charge is 2.50. The van der Waals surface area contributed by atoms with E-state index in [4.69, 9.17) is 5.73 Å². The molecule has 1 aromatic heterocycles. The second kappa shape index (κ2) is 8.21. The van der Waals surface area contributed by atoms with Crippen molar-refractivity contribution in [3.63, 3.8) is 0 Å². The zero-order valence-electron chi connectivity index (χ0n) is 18.2. The van der Waals surface area contributed by atoms with E-state index in [-0.39, 0.29) is 17.5 Å². The van der Waals surface area contributed by atoms with Gasteiger partial charge in [-0.1, -0.05) is 6.07 Å². The molecular weight excluding hydrogens is 407 g/mol. The van der Waals surface area contributed by atoms with E-state index in [1.54, 1.807) is 24.5 Å². The summed E-state index contributed by atoms with van der Waals surface area (Å²) < 4.78 is 14.5. The molecule has 5 rings (SSSR count). The van der Waals surface area contributed by atoms with Gasteiger partial charge in [0, 0.05) is 30.9 Å². The third-order valence-electron chi connectivity index (χ3n) is 7.51. The number of aromatic nitrogens is 1. The number of nitrogens with zero attached hydrogens (tertiary/aromatic N) is 1. The van der Waals surface area contributed by atoms with Crippen LogP contribution in [0.15, 0.2) is 42.7 Å². The lowest BCUT2D eigenvalue weighted by Crippen LogP contribution is -2.39. The molecule has 3 fully saturated rings. The molecule has 0 unspecified atom stereocenters. The van der Waals surface area contributed by atoms with Gasteiger partial charge in [-0.25, -0.2) is 4.39 Å². The fourth-order valence-corrected chi connectivity index (χ4v) is 5.15. The molecule has 32 heavy (non-hydrogen) atoms. The largest absolute Gasteiger partial charge is 0.388 e. The highest BCUT2D eigenvalue weighted by Crippen LogP contribution is 2.46. The molecule has 2 heterocycles. The summed E-state index contributed by atoms with van der Waals surface area (Å²) in [6.07, 6.45) is 9.57. The number of pyridine rings is 1. The van der Waals surface area contributed by atoms with E-state index in [9.17, 15) is 14.3 Å². The van der Waals surface area contributed by atoms with Gasteiger partial charge in [0.25, 0.3) is 0 Å². The summed E-state index contributed by atoms with van der Waals surface area (Å²) in [5.41, 5.74) is 7.80. The van der Waals surface area contributed by atoms with E-state index < -0.39 is 23.0 Å². The summed E-state index contributed by atoms with van der Waals surface area (Å²) in [6, 6.07) is 8.30. The minimum atomic E-state index is -0.817. The third-order valence-corrected chi connectivity index (χ3v) is 7.51. The number of hydrogen-bond donors (Lipinski definition) is 4. The predicted molar refractivity (Wildman–Crippen MR) is 120 cm³/mol. The van der Waals surface area contributed by atoms with Crippen molar-refractivity contribution in [1.82, 2.24) is 10.3 Å². The molecule has 2 saturated carbocycles. The first kappa shape index (κ1) is 21.5. The topological polar surface area (TPSA) is 100 Å². The van der Waals surface area contributed by atoms with Gasteiger partial charge in [-0.05, 0) is 85.8 Å².